The van der Waals surface area contributed by atoms with E-state index in [1.807, 2.05) is 24.3 Å². The van der Waals surface area contributed by atoms with E-state index in [4.69, 9.17) is 9.40 Å². The number of nitrogens with zero attached hydrogens (tertiary/aromatic N) is 2. The number of rotatable bonds is 2. The first-order valence-corrected chi connectivity index (χ1v) is 16.0. The molecule has 0 saturated carbocycles. The lowest BCUT2D eigenvalue weighted by Crippen LogP contribution is -1.99. The molecule has 3 nitrogen and oxygen atoms in total. The van der Waals surface area contributed by atoms with Gasteiger partial charge in [0.25, 0.3) is 0 Å². The lowest BCUT2D eigenvalue weighted by Gasteiger charge is -2.16. The van der Waals surface area contributed by atoms with E-state index in [9.17, 15) is 0 Å². The van der Waals surface area contributed by atoms with Crippen LogP contribution in [0.2, 0.25) is 0 Å². The van der Waals surface area contributed by atoms with Crippen molar-refractivity contribution in [1.29, 1.82) is 0 Å². The molecule has 7 aromatic carbocycles. The molecule has 0 bridgehead atoms. The van der Waals surface area contributed by atoms with E-state index in [0.29, 0.717) is 5.89 Å². The summed E-state index contributed by atoms with van der Waals surface area (Å²) in [7, 11) is 0. The third-order valence-corrected chi connectivity index (χ3v) is 10.3. The van der Waals surface area contributed by atoms with Gasteiger partial charge in [-0.05, 0) is 105 Å². The second-order valence-corrected chi connectivity index (χ2v) is 12.7. The Morgan fingerprint density at radius 2 is 1.22 bits per heavy atom. The smallest absolute Gasteiger partial charge is 0.229 e. The molecule has 9 aromatic rings. The molecular weight excluding hydrogens is 560 g/mol. The summed E-state index contributed by atoms with van der Waals surface area (Å²) in [5.41, 5.74) is 17.1. The Kier molecular flexibility index (Phi) is 4.68. The molecular formula is C43H26N2O. The van der Waals surface area contributed by atoms with Crippen LogP contribution in [0.5, 0.6) is 0 Å². The molecule has 214 valence electrons. The van der Waals surface area contributed by atoms with Crippen molar-refractivity contribution in [2.75, 3.05) is 0 Å². The van der Waals surface area contributed by atoms with Gasteiger partial charge in [-0.2, -0.15) is 0 Å². The Hall–Kier alpha value is -5.93. The van der Waals surface area contributed by atoms with Crippen LogP contribution < -0.4 is 0 Å². The van der Waals surface area contributed by atoms with Crippen molar-refractivity contribution in [2.45, 2.75) is 12.8 Å². The number of fused-ring (bicyclic) bond motifs is 13. The minimum absolute atomic E-state index is 0.640. The van der Waals surface area contributed by atoms with E-state index in [-0.39, 0.29) is 0 Å². The van der Waals surface area contributed by atoms with E-state index in [0.717, 1.165) is 35.2 Å². The zero-order valence-corrected chi connectivity index (χ0v) is 24.9. The Morgan fingerprint density at radius 3 is 2.07 bits per heavy atom. The highest BCUT2D eigenvalue weighted by molar-refractivity contribution is 6.14. The molecule has 0 amide bonds. The van der Waals surface area contributed by atoms with Crippen molar-refractivity contribution < 1.29 is 4.42 Å². The Labute approximate surface area is 265 Å². The van der Waals surface area contributed by atoms with Crippen LogP contribution in [0.1, 0.15) is 22.3 Å². The largest absolute Gasteiger partial charge is 0.436 e. The van der Waals surface area contributed by atoms with Gasteiger partial charge in [-0.25, -0.2) is 4.98 Å². The molecule has 0 unspecified atom stereocenters. The van der Waals surface area contributed by atoms with E-state index in [1.54, 1.807) is 0 Å². The first-order valence-electron chi connectivity index (χ1n) is 16.0. The fourth-order valence-corrected chi connectivity index (χ4v) is 8.29. The first kappa shape index (κ1) is 24.4. The molecule has 2 heterocycles. The normalized spacial score (nSPS) is 13.0. The summed E-state index contributed by atoms with van der Waals surface area (Å²) in [6.45, 7) is 0. The molecule has 2 aliphatic carbocycles. The highest BCUT2D eigenvalue weighted by Gasteiger charge is 2.27. The molecule has 3 heteroatoms. The van der Waals surface area contributed by atoms with Crippen LogP contribution in [-0.4, -0.2) is 9.55 Å². The van der Waals surface area contributed by atoms with Gasteiger partial charge in [0.2, 0.25) is 5.89 Å². The fourth-order valence-electron chi connectivity index (χ4n) is 8.29. The minimum atomic E-state index is 0.640. The van der Waals surface area contributed by atoms with Gasteiger partial charge >= 0.3 is 0 Å². The standard InChI is InChI=1S/C43H26N2O/c1-3-11-28-25(9-1)21-34-30(28)18-17-27-23-36(43-44-37-14-6-8-16-41(37)46-43)40(24-33(27)34)45-38-15-7-5-13-32(38)42-35-22-26-10-2-4-12-29(26)31(35)19-20-39(42)45/h1-20,23-24H,21-22H2. The number of oxazole rings is 1. The topological polar surface area (TPSA) is 31.0 Å². The van der Waals surface area contributed by atoms with Crippen molar-refractivity contribution in [3.8, 4) is 39.4 Å². The lowest BCUT2D eigenvalue weighted by molar-refractivity contribution is 0.619. The van der Waals surface area contributed by atoms with Gasteiger partial charge in [-0.1, -0.05) is 97.1 Å². The molecule has 11 rings (SSSR count). The van der Waals surface area contributed by atoms with Crippen molar-refractivity contribution in [3.63, 3.8) is 0 Å². The van der Waals surface area contributed by atoms with Crippen LogP contribution in [-0.2, 0) is 12.8 Å². The van der Waals surface area contributed by atoms with Gasteiger partial charge in [0, 0.05) is 10.8 Å². The van der Waals surface area contributed by atoms with E-state index in [2.05, 4.69) is 114 Å². The molecule has 2 aromatic heterocycles. The average molecular weight is 587 g/mol. The van der Waals surface area contributed by atoms with Gasteiger partial charge in [-0.15, -0.1) is 0 Å². The first-order chi connectivity index (χ1) is 22.8. The number of hydrogen-bond acceptors (Lipinski definition) is 2. The van der Waals surface area contributed by atoms with Crippen molar-refractivity contribution in [2.24, 2.45) is 0 Å². The predicted octanol–water partition coefficient (Wildman–Crippen LogP) is 10.9. The molecule has 2 aliphatic rings. The van der Waals surface area contributed by atoms with Crippen LogP contribution in [0.25, 0.3) is 83.1 Å². The zero-order valence-electron chi connectivity index (χ0n) is 24.9. The number of hydrogen-bond donors (Lipinski definition) is 0. The fraction of sp³-hybridized carbons (Fsp3) is 0.0465. The monoisotopic (exact) mass is 586 g/mol. The summed E-state index contributed by atoms with van der Waals surface area (Å²) in [4.78, 5) is 5.03. The molecule has 0 spiro atoms. The van der Waals surface area contributed by atoms with Gasteiger partial charge in [0.1, 0.15) is 5.52 Å². The van der Waals surface area contributed by atoms with E-state index < -0.39 is 0 Å². The predicted molar refractivity (Wildman–Crippen MR) is 188 cm³/mol. The third-order valence-electron chi connectivity index (χ3n) is 10.3. The Morgan fingerprint density at radius 1 is 0.522 bits per heavy atom. The van der Waals surface area contributed by atoms with Gasteiger partial charge in [0.05, 0.1) is 22.3 Å². The van der Waals surface area contributed by atoms with Crippen LogP contribution in [0.4, 0.5) is 0 Å². The Bertz CT molecular complexity index is 2730. The second kappa shape index (κ2) is 8.83. The molecule has 46 heavy (non-hydrogen) atoms. The molecule has 0 aliphatic heterocycles. The van der Waals surface area contributed by atoms with Crippen molar-refractivity contribution >= 4 is 43.7 Å². The minimum Gasteiger partial charge on any atom is -0.436 e. The maximum absolute atomic E-state index is 6.50. The summed E-state index contributed by atoms with van der Waals surface area (Å²) in [5.74, 6) is 0.640. The van der Waals surface area contributed by atoms with Crippen LogP contribution in [0.15, 0.2) is 138 Å². The number of benzene rings is 7. The molecule has 0 radical (unpaired) electrons. The number of aromatic nitrogens is 2. The lowest BCUT2D eigenvalue weighted by atomic mass is 9.96. The van der Waals surface area contributed by atoms with Gasteiger partial charge in [0.15, 0.2) is 5.58 Å². The zero-order chi connectivity index (χ0) is 29.9. The average Bonchev–Trinajstić information content (AvgIpc) is 3.87. The maximum atomic E-state index is 6.50. The summed E-state index contributed by atoms with van der Waals surface area (Å²) >= 11 is 0. The highest BCUT2D eigenvalue weighted by atomic mass is 16.3. The van der Waals surface area contributed by atoms with Crippen LogP contribution in [0.3, 0.4) is 0 Å². The van der Waals surface area contributed by atoms with Gasteiger partial charge < -0.3 is 8.98 Å². The molecule has 0 fully saturated rings. The van der Waals surface area contributed by atoms with Crippen molar-refractivity contribution in [3.05, 3.63) is 156 Å². The van der Waals surface area contributed by atoms with Crippen LogP contribution in [0, 0.1) is 0 Å². The summed E-state index contributed by atoms with van der Waals surface area (Å²) in [6, 6.07) is 48.5. The van der Waals surface area contributed by atoms with E-state index >= 15 is 0 Å². The second-order valence-electron chi connectivity index (χ2n) is 12.7. The van der Waals surface area contributed by atoms with Gasteiger partial charge in [-0.3, -0.25) is 0 Å². The maximum Gasteiger partial charge on any atom is 0.229 e. The summed E-state index contributed by atoms with van der Waals surface area (Å²) in [6.07, 6.45) is 1.88. The highest BCUT2D eigenvalue weighted by Crippen LogP contribution is 2.47. The SMILES string of the molecule is c1ccc2c(c1)Cc1c-2ccc2cc(-c3nc4ccccc4o3)c(-n3c4ccccc4c4c5c(ccc43)-c3ccccc3C5)cc12. The van der Waals surface area contributed by atoms with E-state index in [1.165, 1.54) is 77.1 Å². The molecule has 0 N–H and O–H groups in total. The quantitative estimate of drug-likeness (QED) is 0.202. The third kappa shape index (κ3) is 3.19. The number of para-hydroxylation sites is 3. The molecule has 0 atom stereocenters. The van der Waals surface area contributed by atoms with Crippen molar-refractivity contribution in [1.82, 2.24) is 9.55 Å². The summed E-state index contributed by atoms with van der Waals surface area (Å²) < 4.78 is 8.96. The van der Waals surface area contributed by atoms with Crippen LogP contribution >= 0.6 is 0 Å². The Balaban J connectivity index is 1.26. The molecule has 0 saturated heterocycles. The summed E-state index contributed by atoms with van der Waals surface area (Å²) in [5, 5.41) is 5.09.